The number of furan rings is 1. The molecule has 3 aromatic heterocycles. The molecule has 0 fully saturated rings. The van der Waals surface area contributed by atoms with Crippen molar-refractivity contribution >= 4 is 27.9 Å². The summed E-state index contributed by atoms with van der Waals surface area (Å²) >= 11 is 1.34. The Kier molecular flexibility index (Phi) is 1.72. The van der Waals surface area contributed by atoms with Crippen molar-refractivity contribution in [1.82, 2.24) is 5.16 Å². The Morgan fingerprint density at radius 2 is 2.40 bits per heavy atom. The van der Waals surface area contributed by atoms with Crippen molar-refractivity contribution in [3.05, 3.63) is 29.3 Å². The second-order valence-electron chi connectivity index (χ2n) is 2.97. The van der Waals surface area contributed by atoms with Crippen LogP contribution in [0.3, 0.4) is 0 Å². The quantitative estimate of drug-likeness (QED) is 0.622. The van der Waals surface area contributed by atoms with Crippen molar-refractivity contribution in [2.75, 3.05) is 0 Å². The first-order chi connectivity index (χ1) is 7.38. The monoisotopic (exact) mass is 219 g/mol. The molecule has 0 aromatic carbocycles. The third kappa shape index (κ3) is 1.20. The average Bonchev–Trinajstić information content (AvgIpc) is 2.92. The van der Waals surface area contributed by atoms with E-state index >= 15 is 0 Å². The van der Waals surface area contributed by atoms with Crippen molar-refractivity contribution in [1.29, 1.82) is 0 Å². The molecule has 0 unspecified atom stereocenters. The maximum absolute atomic E-state index is 10.6. The van der Waals surface area contributed by atoms with Crippen LogP contribution in [0.25, 0.3) is 21.7 Å². The molecule has 74 valence electrons. The second-order valence-corrected chi connectivity index (χ2v) is 4.05. The van der Waals surface area contributed by atoms with Crippen LogP contribution in [-0.4, -0.2) is 11.4 Å². The van der Waals surface area contributed by atoms with E-state index in [4.69, 9.17) is 8.94 Å². The van der Waals surface area contributed by atoms with E-state index in [1.807, 2.05) is 0 Å². The van der Waals surface area contributed by atoms with Gasteiger partial charge >= 0.3 is 0 Å². The Morgan fingerprint density at radius 3 is 3.13 bits per heavy atom. The molecule has 3 aromatic rings. The molecule has 3 heterocycles. The van der Waals surface area contributed by atoms with E-state index in [1.54, 1.807) is 24.5 Å². The summed E-state index contributed by atoms with van der Waals surface area (Å²) in [6.45, 7) is 0. The summed E-state index contributed by atoms with van der Waals surface area (Å²) in [5.41, 5.74) is 1.27. The van der Waals surface area contributed by atoms with E-state index in [-0.39, 0.29) is 0 Å². The first-order valence-electron chi connectivity index (χ1n) is 4.27. The van der Waals surface area contributed by atoms with Gasteiger partial charge in [-0.1, -0.05) is 5.16 Å². The van der Waals surface area contributed by atoms with Gasteiger partial charge in [0, 0.05) is 6.07 Å². The molecule has 0 bridgehead atoms. The molecule has 0 atom stereocenters. The van der Waals surface area contributed by atoms with Crippen LogP contribution in [0, 0.1) is 0 Å². The molecule has 0 N–H and O–H groups in total. The zero-order chi connectivity index (χ0) is 10.3. The molecule has 0 aliphatic carbocycles. The van der Waals surface area contributed by atoms with Crippen molar-refractivity contribution in [3.63, 3.8) is 0 Å². The number of fused-ring (bicyclic) bond motifs is 1. The summed E-state index contributed by atoms with van der Waals surface area (Å²) in [4.78, 5) is 11.2. The van der Waals surface area contributed by atoms with Crippen LogP contribution in [0.4, 0.5) is 0 Å². The predicted octanol–water partition coefficient (Wildman–Crippen LogP) is 2.96. The minimum Gasteiger partial charge on any atom is -0.463 e. The molecular weight excluding hydrogens is 214 g/mol. The summed E-state index contributed by atoms with van der Waals surface area (Å²) in [6, 6.07) is 5.26. The molecule has 0 spiro atoms. The van der Waals surface area contributed by atoms with Crippen molar-refractivity contribution in [3.8, 4) is 11.5 Å². The van der Waals surface area contributed by atoms with Crippen LogP contribution in [0.1, 0.15) is 9.67 Å². The minimum atomic E-state index is 0.619. The van der Waals surface area contributed by atoms with Crippen LogP contribution in [0.5, 0.6) is 0 Å². The predicted molar refractivity (Wildman–Crippen MR) is 55.0 cm³/mol. The molecule has 4 nitrogen and oxygen atoms in total. The highest BCUT2D eigenvalue weighted by Crippen LogP contribution is 2.33. The summed E-state index contributed by atoms with van der Waals surface area (Å²) in [7, 11) is 0. The Balaban J connectivity index is 2.27. The number of carbonyl (C=O) groups excluding carboxylic acids is 1. The summed E-state index contributed by atoms with van der Waals surface area (Å²) < 4.78 is 11.2. The number of hydrogen-bond donors (Lipinski definition) is 0. The lowest BCUT2D eigenvalue weighted by molar-refractivity contribution is 0.112. The molecule has 5 heteroatoms. The zero-order valence-corrected chi connectivity index (χ0v) is 8.28. The van der Waals surface area contributed by atoms with Crippen LogP contribution in [-0.2, 0) is 0 Å². The number of hydrogen-bond acceptors (Lipinski definition) is 5. The van der Waals surface area contributed by atoms with Gasteiger partial charge in [-0.3, -0.25) is 4.79 Å². The summed E-state index contributed by atoms with van der Waals surface area (Å²) in [6.07, 6.45) is 2.37. The van der Waals surface area contributed by atoms with Crippen LogP contribution in [0.15, 0.2) is 33.4 Å². The fourth-order valence-corrected chi connectivity index (χ4v) is 2.27. The van der Waals surface area contributed by atoms with Gasteiger partial charge in [0.05, 0.1) is 11.1 Å². The third-order valence-corrected chi connectivity index (χ3v) is 3.09. The fourth-order valence-electron chi connectivity index (χ4n) is 1.39. The Hall–Kier alpha value is -1.88. The fraction of sp³-hybridized carbons (Fsp3) is 0. The summed E-state index contributed by atoms with van der Waals surface area (Å²) in [5.74, 6) is 0.646. The second kappa shape index (κ2) is 3.06. The number of rotatable bonds is 2. The van der Waals surface area contributed by atoms with E-state index in [0.717, 1.165) is 11.0 Å². The van der Waals surface area contributed by atoms with Gasteiger partial charge < -0.3 is 8.94 Å². The molecular formula is C10H5NO3S. The molecule has 0 amide bonds. The highest BCUT2D eigenvalue weighted by molar-refractivity contribution is 7.20. The number of thiophene rings is 1. The van der Waals surface area contributed by atoms with Gasteiger partial charge in [0.15, 0.2) is 23.3 Å². The molecule has 0 aliphatic heterocycles. The lowest BCUT2D eigenvalue weighted by Gasteiger charge is -1.85. The smallest absolute Gasteiger partial charge is 0.179 e. The van der Waals surface area contributed by atoms with Gasteiger partial charge in [-0.25, -0.2) is 0 Å². The Bertz CT molecular complexity index is 606. The zero-order valence-electron chi connectivity index (χ0n) is 7.47. The van der Waals surface area contributed by atoms with Gasteiger partial charge in [0.25, 0.3) is 0 Å². The standard InChI is InChI=1S/C10H5NO3S/c12-5-6-4-8-10(15-6)9(11-14-8)7-2-1-3-13-7/h1-5H. The largest absolute Gasteiger partial charge is 0.463 e. The minimum absolute atomic E-state index is 0.619. The molecule has 0 saturated heterocycles. The van der Waals surface area contributed by atoms with Crippen LogP contribution in [0.2, 0.25) is 0 Å². The summed E-state index contributed by atoms with van der Waals surface area (Å²) in [5, 5.41) is 3.90. The Labute approximate surface area is 88.1 Å². The maximum Gasteiger partial charge on any atom is 0.179 e. The van der Waals surface area contributed by atoms with Crippen LogP contribution >= 0.6 is 11.3 Å². The first-order valence-corrected chi connectivity index (χ1v) is 5.08. The molecule has 0 radical (unpaired) electrons. The lowest BCUT2D eigenvalue weighted by atomic mass is 10.3. The van der Waals surface area contributed by atoms with Crippen molar-refractivity contribution < 1.29 is 13.7 Å². The lowest BCUT2D eigenvalue weighted by Crippen LogP contribution is -1.70. The van der Waals surface area contributed by atoms with E-state index in [2.05, 4.69) is 5.16 Å². The number of carbonyl (C=O) groups is 1. The number of aromatic nitrogens is 1. The maximum atomic E-state index is 10.6. The molecule has 0 aliphatic rings. The van der Waals surface area contributed by atoms with Gasteiger partial charge in [-0.2, -0.15) is 0 Å². The first kappa shape index (κ1) is 8.43. The highest BCUT2D eigenvalue weighted by Gasteiger charge is 2.15. The van der Waals surface area contributed by atoms with Crippen LogP contribution < -0.4 is 0 Å². The number of nitrogens with zero attached hydrogens (tertiary/aromatic N) is 1. The van der Waals surface area contributed by atoms with E-state index in [0.29, 0.717) is 21.9 Å². The van der Waals surface area contributed by atoms with Gasteiger partial charge in [-0.15, -0.1) is 11.3 Å². The molecule has 0 saturated carbocycles. The van der Waals surface area contributed by atoms with Gasteiger partial charge in [-0.05, 0) is 12.1 Å². The van der Waals surface area contributed by atoms with Crippen molar-refractivity contribution in [2.24, 2.45) is 0 Å². The van der Waals surface area contributed by atoms with Gasteiger partial charge in [0.2, 0.25) is 0 Å². The van der Waals surface area contributed by atoms with E-state index < -0.39 is 0 Å². The Morgan fingerprint density at radius 1 is 1.47 bits per heavy atom. The van der Waals surface area contributed by atoms with Crippen molar-refractivity contribution in [2.45, 2.75) is 0 Å². The van der Waals surface area contributed by atoms with E-state index in [9.17, 15) is 4.79 Å². The SMILES string of the molecule is O=Cc1cc2onc(-c3ccco3)c2s1. The third-order valence-electron chi connectivity index (χ3n) is 2.04. The van der Waals surface area contributed by atoms with Gasteiger partial charge in [0.1, 0.15) is 4.70 Å². The molecule has 3 rings (SSSR count). The highest BCUT2D eigenvalue weighted by atomic mass is 32.1. The van der Waals surface area contributed by atoms with E-state index in [1.165, 1.54) is 11.3 Å². The topological polar surface area (TPSA) is 56.2 Å². The molecule has 15 heavy (non-hydrogen) atoms. The normalized spacial score (nSPS) is 10.9. The average molecular weight is 219 g/mol. The number of aldehydes is 1.